The normalized spacial score (nSPS) is 12.2. The van der Waals surface area contributed by atoms with Crippen LogP contribution < -0.4 is 10.3 Å². The lowest BCUT2D eigenvalue weighted by atomic mass is 10.0. The number of aromatic nitrogens is 5. The number of H-pyrrole nitrogens is 1. The number of nitrogens with one attached hydrogen (secondary N) is 1. The molecule has 8 nitrogen and oxygen atoms in total. The Kier molecular flexibility index (Phi) is 7.37. The Labute approximate surface area is 215 Å². The first-order valence-corrected chi connectivity index (χ1v) is 12.5. The van der Waals surface area contributed by atoms with Crippen LogP contribution in [0.3, 0.4) is 0 Å². The fourth-order valence-corrected chi connectivity index (χ4v) is 4.64. The van der Waals surface area contributed by atoms with Gasteiger partial charge in [0, 0.05) is 23.0 Å². The second-order valence-electron chi connectivity index (χ2n) is 8.87. The first kappa shape index (κ1) is 24.4. The molecule has 5 aromatic rings. The van der Waals surface area contributed by atoms with Gasteiger partial charge in [0.15, 0.2) is 5.82 Å². The van der Waals surface area contributed by atoms with Gasteiger partial charge in [-0.3, -0.25) is 9.69 Å². The number of tetrazole rings is 1. The molecule has 0 aliphatic carbocycles. The highest BCUT2D eigenvalue weighted by Gasteiger charge is 2.30. The van der Waals surface area contributed by atoms with E-state index in [1.54, 1.807) is 4.68 Å². The zero-order chi connectivity index (χ0) is 25.6. The molecule has 0 radical (unpaired) electrons. The van der Waals surface area contributed by atoms with Gasteiger partial charge in [-0.05, 0) is 59.3 Å². The van der Waals surface area contributed by atoms with E-state index in [-0.39, 0.29) is 5.56 Å². The molecular weight excluding hydrogens is 464 g/mol. The lowest BCUT2D eigenvalue weighted by Gasteiger charge is -2.30. The summed E-state index contributed by atoms with van der Waals surface area (Å²) in [5.41, 5.74) is 3.40. The van der Waals surface area contributed by atoms with E-state index in [1.807, 2.05) is 79.7 Å². The number of hydrogen-bond donors (Lipinski definition) is 1. The average molecular weight is 495 g/mol. The summed E-state index contributed by atoms with van der Waals surface area (Å²) in [5.74, 6) is 1.38. The standard InChI is InChI=1S/C29H30N6O2/c1-3-34(19-21-11-7-5-8-12-21)27(28-31-32-33-35(28)20-22-13-9-6-10-14-22)25-18-23-17-24(37-4-2)15-16-26(23)30-29(25)36/h5-18,27H,3-4,19-20H2,1-2H3,(H,30,36)/t27-/m0/s1. The van der Waals surface area contributed by atoms with Crippen molar-refractivity contribution >= 4 is 10.9 Å². The molecule has 0 fully saturated rings. The van der Waals surface area contributed by atoms with Gasteiger partial charge in [0.25, 0.3) is 5.56 Å². The van der Waals surface area contributed by atoms with Crippen LogP contribution in [0.5, 0.6) is 5.75 Å². The van der Waals surface area contributed by atoms with Crippen LogP contribution in [0.4, 0.5) is 0 Å². The summed E-state index contributed by atoms with van der Waals surface area (Å²) in [7, 11) is 0. The van der Waals surface area contributed by atoms with E-state index in [2.05, 4.69) is 44.5 Å². The number of benzene rings is 3. The molecule has 0 saturated carbocycles. The van der Waals surface area contributed by atoms with Gasteiger partial charge in [-0.25, -0.2) is 4.68 Å². The molecule has 0 amide bonds. The van der Waals surface area contributed by atoms with Crippen molar-refractivity contribution in [2.45, 2.75) is 33.0 Å². The Morgan fingerprint density at radius 3 is 2.38 bits per heavy atom. The van der Waals surface area contributed by atoms with E-state index in [0.717, 1.165) is 27.8 Å². The molecule has 2 aromatic heterocycles. The summed E-state index contributed by atoms with van der Waals surface area (Å²) < 4.78 is 7.50. The highest BCUT2D eigenvalue weighted by atomic mass is 16.5. The summed E-state index contributed by atoms with van der Waals surface area (Å²) in [6.45, 7) is 6.43. The Bertz CT molecular complexity index is 1510. The number of fused-ring (bicyclic) bond motifs is 1. The molecule has 1 atom stereocenters. The molecule has 5 rings (SSSR count). The van der Waals surface area contributed by atoms with Crippen LogP contribution in [0.15, 0.2) is 89.7 Å². The molecule has 0 saturated heterocycles. The van der Waals surface area contributed by atoms with Crippen molar-refractivity contribution in [2.75, 3.05) is 13.2 Å². The van der Waals surface area contributed by atoms with Crippen molar-refractivity contribution < 1.29 is 4.74 Å². The van der Waals surface area contributed by atoms with Crippen LogP contribution in [0.1, 0.15) is 42.4 Å². The Morgan fingerprint density at radius 1 is 0.946 bits per heavy atom. The molecule has 0 bridgehead atoms. The zero-order valence-corrected chi connectivity index (χ0v) is 21.0. The summed E-state index contributed by atoms with van der Waals surface area (Å²) in [4.78, 5) is 18.8. The maximum Gasteiger partial charge on any atom is 0.253 e. The minimum absolute atomic E-state index is 0.164. The van der Waals surface area contributed by atoms with Gasteiger partial charge in [0.05, 0.1) is 13.2 Å². The molecule has 0 unspecified atom stereocenters. The smallest absolute Gasteiger partial charge is 0.253 e. The topological polar surface area (TPSA) is 88.9 Å². The first-order chi connectivity index (χ1) is 18.2. The van der Waals surface area contributed by atoms with E-state index in [9.17, 15) is 4.79 Å². The van der Waals surface area contributed by atoms with E-state index >= 15 is 0 Å². The van der Waals surface area contributed by atoms with Gasteiger partial charge in [0.2, 0.25) is 0 Å². The van der Waals surface area contributed by atoms with Gasteiger partial charge >= 0.3 is 0 Å². The fourth-order valence-electron chi connectivity index (χ4n) is 4.64. The summed E-state index contributed by atoms with van der Waals surface area (Å²) >= 11 is 0. The van der Waals surface area contributed by atoms with E-state index in [4.69, 9.17) is 4.74 Å². The first-order valence-electron chi connectivity index (χ1n) is 12.5. The molecule has 8 heteroatoms. The van der Waals surface area contributed by atoms with Crippen LogP contribution >= 0.6 is 0 Å². The summed E-state index contributed by atoms with van der Waals surface area (Å²) in [6.07, 6.45) is 0. The van der Waals surface area contributed by atoms with Gasteiger partial charge in [-0.2, -0.15) is 0 Å². The van der Waals surface area contributed by atoms with Crippen molar-refractivity contribution in [3.63, 3.8) is 0 Å². The number of aromatic amines is 1. The maximum absolute atomic E-state index is 13.5. The van der Waals surface area contributed by atoms with Crippen molar-refractivity contribution in [2.24, 2.45) is 0 Å². The van der Waals surface area contributed by atoms with E-state index < -0.39 is 6.04 Å². The second kappa shape index (κ2) is 11.2. The van der Waals surface area contributed by atoms with Crippen molar-refractivity contribution in [3.05, 3.63) is 118 Å². The lowest BCUT2D eigenvalue weighted by molar-refractivity contribution is 0.214. The molecule has 1 N–H and O–H groups in total. The van der Waals surface area contributed by atoms with Crippen LogP contribution in [-0.4, -0.2) is 43.2 Å². The molecule has 0 aliphatic heterocycles. The van der Waals surface area contributed by atoms with Gasteiger partial charge in [-0.1, -0.05) is 67.6 Å². The highest BCUT2D eigenvalue weighted by Crippen LogP contribution is 2.29. The number of nitrogens with zero attached hydrogens (tertiary/aromatic N) is 5. The fraction of sp³-hybridized carbons (Fsp3) is 0.241. The Hall–Kier alpha value is -4.30. The van der Waals surface area contributed by atoms with Crippen molar-refractivity contribution in [3.8, 4) is 5.75 Å². The third kappa shape index (κ3) is 5.44. The van der Waals surface area contributed by atoms with Crippen LogP contribution in [0, 0.1) is 0 Å². The largest absolute Gasteiger partial charge is 0.494 e. The molecule has 3 aromatic carbocycles. The molecule has 37 heavy (non-hydrogen) atoms. The van der Waals surface area contributed by atoms with Crippen molar-refractivity contribution in [1.29, 1.82) is 0 Å². The van der Waals surface area contributed by atoms with Gasteiger partial charge < -0.3 is 9.72 Å². The molecular formula is C29H30N6O2. The molecule has 188 valence electrons. The average Bonchev–Trinajstić information content (AvgIpc) is 3.37. The number of hydrogen-bond acceptors (Lipinski definition) is 6. The SMILES string of the molecule is CCOc1ccc2[nH]c(=O)c([C@@H](c3nnnn3Cc3ccccc3)N(CC)Cc3ccccc3)cc2c1. The molecule has 0 spiro atoms. The highest BCUT2D eigenvalue weighted by molar-refractivity contribution is 5.80. The van der Waals surface area contributed by atoms with E-state index in [0.29, 0.717) is 37.6 Å². The Balaban J connectivity index is 1.64. The minimum Gasteiger partial charge on any atom is -0.494 e. The van der Waals surface area contributed by atoms with Crippen molar-refractivity contribution in [1.82, 2.24) is 30.1 Å². The van der Waals surface area contributed by atoms with Crippen LogP contribution in [-0.2, 0) is 13.1 Å². The summed E-state index contributed by atoms with van der Waals surface area (Å²) in [5, 5.41) is 13.7. The minimum atomic E-state index is -0.465. The second-order valence-corrected chi connectivity index (χ2v) is 8.87. The monoisotopic (exact) mass is 494 g/mol. The predicted molar refractivity (Wildman–Crippen MR) is 143 cm³/mol. The predicted octanol–water partition coefficient (Wildman–Crippen LogP) is 4.57. The number of ether oxygens (including phenoxy) is 1. The van der Waals surface area contributed by atoms with Crippen LogP contribution in [0.2, 0.25) is 0 Å². The lowest BCUT2D eigenvalue weighted by Crippen LogP contribution is -2.35. The summed E-state index contributed by atoms with van der Waals surface area (Å²) in [6, 6.07) is 27.5. The quantitative estimate of drug-likeness (QED) is 0.306. The zero-order valence-electron chi connectivity index (χ0n) is 21.0. The molecule has 2 heterocycles. The van der Waals surface area contributed by atoms with Gasteiger partial charge in [-0.15, -0.1) is 5.10 Å². The Morgan fingerprint density at radius 2 is 1.68 bits per heavy atom. The number of pyridine rings is 1. The maximum atomic E-state index is 13.5. The van der Waals surface area contributed by atoms with Crippen LogP contribution in [0.25, 0.3) is 10.9 Å². The third-order valence-electron chi connectivity index (χ3n) is 6.43. The van der Waals surface area contributed by atoms with E-state index in [1.165, 1.54) is 0 Å². The van der Waals surface area contributed by atoms with Gasteiger partial charge in [0.1, 0.15) is 11.8 Å². The number of rotatable bonds is 10. The molecule has 0 aliphatic rings. The third-order valence-corrected chi connectivity index (χ3v) is 6.43.